The van der Waals surface area contributed by atoms with Gasteiger partial charge in [-0.3, -0.25) is 9.59 Å². The predicted molar refractivity (Wildman–Crippen MR) is 104 cm³/mol. The van der Waals surface area contributed by atoms with Crippen molar-refractivity contribution in [3.8, 4) is 0 Å². The van der Waals surface area contributed by atoms with Crippen molar-refractivity contribution in [2.45, 2.75) is 31.3 Å². The van der Waals surface area contributed by atoms with E-state index in [2.05, 4.69) is 10.6 Å². The summed E-state index contributed by atoms with van der Waals surface area (Å²) in [5.74, 6) is -0.234. The van der Waals surface area contributed by atoms with E-state index < -0.39 is 6.04 Å². The van der Waals surface area contributed by atoms with Crippen molar-refractivity contribution >= 4 is 53.1 Å². The molecule has 1 aromatic rings. The van der Waals surface area contributed by atoms with Gasteiger partial charge < -0.3 is 20.3 Å². The Morgan fingerprint density at radius 1 is 1.27 bits per heavy atom. The van der Waals surface area contributed by atoms with Gasteiger partial charge in [-0.2, -0.15) is 0 Å². The number of morpholine rings is 1. The minimum absolute atomic E-state index is 0. The SMILES string of the molecule is Cl.O=C(Nc1cc(Cl)cc(Cl)c1)C1CCCN1C(=O)CC1COCCN1. The first kappa shape index (κ1) is 21.3. The van der Waals surface area contributed by atoms with Gasteiger partial charge in [-0.15, -0.1) is 12.4 Å². The Balaban J connectivity index is 0.00000243. The molecule has 9 heteroatoms. The normalized spacial score (nSPS) is 22.6. The van der Waals surface area contributed by atoms with E-state index in [0.29, 0.717) is 48.3 Å². The Labute approximate surface area is 168 Å². The van der Waals surface area contributed by atoms with Gasteiger partial charge in [0.25, 0.3) is 0 Å². The number of ether oxygens (including phenoxy) is 1. The van der Waals surface area contributed by atoms with Crippen LogP contribution in [-0.4, -0.2) is 55.1 Å². The third-order valence-electron chi connectivity index (χ3n) is 4.43. The van der Waals surface area contributed by atoms with Gasteiger partial charge in [-0.05, 0) is 31.0 Å². The standard InChI is InChI=1S/C17H21Cl2N3O3.ClH/c18-11-6-12(19)8-13(7-11)21-17(24)15-2-1-4-22(15)16(23)9-14-10-25-5-3-20-14;/h6-8,14-15,20H,1-5,9-10H2,(H,21,24);1H. The molecule has 3 rings (SSSR count). The maximum Gasteiger partial charge on any atom is 0.247 e. The van der Waals surface area contributed by atoms with Crippen LogP contribution in [0.4, 0.5) is 5.69 Å². The second-order valence-electron chi connectivity index (χ2n) is 6.32. The quantitative estimate of drug-likeness (QED) is 0.783. The van der Waals surface area contributed by atoms with Crippen LogP contribution >= 0.6 is 35.6 Å². The summed E-state index contributed by atoms with van der Waals surface area (Å²) >= 11 is 11.9. The zero-order valence-electron chi connectivity index (χ0n) is 14.2. The van der Waals surface area contributed by atoms with E-state index in [1.807, 2.05) is 0 Å². The van der Waals surface area contributed by atoms with Gasteiger partial charge in [0, 0.05) is 41.3 Å². The second-order valence-corrected chi connectivity index (χ2v) is 7.20. The molecular weight excluding hydrogens is 401 g/mol. The van der Waals surface area contributed by atoms with Gasteiger partial charge in [-0.1, -0.05) is 23.2 Å². The maximum absolute atomic E-state index is 12.6. The van der Waals surface area contributed by atoms with E-state index in [-0.39, 0.29) is 30.3 Å². The molecule has 2 unspecified atom stereocenters. The molecule has 0 radical (unpaired) electrons. The fourth-order valence-corrected chi connectivity index (χ4v) is 3.79. The summed E-state index contributed by atoms with van der Waals surface area (Å²) in [7, 11) is 0. The Kier molecular flexibility index (Phi) is 7.98. The number of rotatable bonds is 4. The zero-order valence-corrected chi connectivity index (χ0v) is 16.5. The van der Waals surface area contributed by atoms with Gasteiger partial charge >= 0.3 is 0 Å². The highest BCUT2D eigenvalue weighted by Crippen LogP contribution is 2.25. The lowest BCUT2D eigenvalue weighted by molar-refractivity contribution is -0.137. The average molecular weight is 423 g/mol. The van der Waals surface area contributed by atoms with Crippen molar-refractivity contribution in [2.24, 2.45) is 0 Å². The van der Waals surface area contributed by atoms with Crippen molar-refractivity contribution in [2.75, 3.05) is 31.6 Å². The van der Waals surface area contributed by atoms with Crippen LogP contribution in [0.1, 0.15) is 19.3 Å². The van der Waals surface area contributed by atoms with Gasteiger partial charge in [0.2, 0.25) is 11.8 Å². The number of benzene rings is 1. The summed E-state index contributed by atoms with van der Waals surface area (Å²) in [6.07, 6.45) is 1.81. The number of nitrogens with one attached hydrogen (secondary N) is 2. The molecule has 2 N–H and O–H groups in total. The minimum Gasteiger partial charge on any atom is -0.378 e. The van der Waals surface area contributed by atoms with Crippen molar-refractivity contribution < 1.29 is 14.3 Å². The molecule has 2 aliphatic rings. The molecular formula is C17H22Cl3N3O3. The number of halogens is 3. The third-order valence-corrected chi connectivity index (χ3v) is 4.86. The van der Waals surface area contributed by atoms with E-state index in [0.717, 1.165) is 13.0 Å². The highest BCUT2D eigenvalue weighted by molar-refractivity contribution is 6.35. The molecule has 2 aliphatic heterocycles. The molecule has 2 heterocycles. The fourth-order valence-electron chi connectivity index (χ4n) is 3.27. The average Bonchev–Trinajstić information content (AvgIpc) is 3.04. The summed E-state index contributed by atoms with van der Waals surface area (Å²) in [5.41, 5.74) is 0.532. The van der Waals surface area contributed by atoms with Crippen LogP contribution in [0.5, 0.6) is 0 Å². The van der Waals surface area contributed by atoms with Crippen molar-refractivity contribution in [1.82, 2.24) is 10.2 Å². The minimum atomic E-state index is -0.463. The first-order chi connectivity index (χ1) is 12.0. The van der Waals surface area contributed by atoms with E-state index in [1.165, 1.54) is 0 Å². The number of likely N-dealkylation sites (tertiary alicyclic amines) is 1. The van der Waals surface area contributed by atoms with Crippen molar-refractivity contribution in [3.05, 3.63) is 28.2 Å². The van der Waals surface area contributed by atoms with Crippen LogP contribution in [0, 0.1) is 0 Å². The monoisotopic (exact) mass is 421 g/mol. The molecule has 0 aliphatic carbocycles. The lowest BCUT2D eigenvalue weighted by Gasteiger charge is -2.28. The van der Waals surface area contributed by atoms with E-state index in [4.69, 9.17) is 27.9 Å². The summed E-state index contributed by atoms with van der Waals surface area (Å²) in [5, 5.41) is 6.98. The van der Waals surface area contributed by atoms with Crippen LogP contribution in [-0.2, 0) is 14.3 Å². The third kappa shape index (κ3) is 5.47. The summed E-state index contributed by atoms with van der Waals surface area (Å²) in [4.78, 5) is 26.9. The summed E-state index contributed by atoms with van der Waals surface area (Å²) in [6, 6.07) is 4.42. The Bertz CT molecular complexity index is 633. The maximum atomic E-state index is 12.6. The lowest BCUT2D eigenvalue weighted by atomic mass is 10.1. The number of carbonyl (C=O) groups is 2. The lowest BCUT2D eigenvalue weighted by Crippen LogP contribution is -2.48. The van der Waals surface area contributed by atoms with Crippen LogP contribution in [0.15, 0.2) is 18.2 Å². The molecule has 2 fully saturated rings. The molecule has 26 heavy (non-hydrogen) atoms. The smallest absolute Gasteiger partial charge is 0.247 e. The first-order valence-corrected chi connectivity index (χ1v) is 9.16. The molecule has 6 nitrogen and oxygen atoms in total. The number of anilines is 1. The van der Waals surface area contributed by atoms with Gasteiger partial charge in [0.15, 0.2) is 0 Å². The van der Waals surface area contributed by atoms with Crippen LogP contribution in [0.2, 0.25) is 10.0 Å². The highest BCUT2D eigenvalue weighted by Gasteiger charge is 2.35. The van der Waals surface area contributed by atoms with Gasteiger partial charge in [0.1, 0.15) is 6.04 Å². The fraction of sp³-hybridized carbons (Fsp3) is 0.529. The number of amides is 2. The molecule has 1 aromatic carbocycles. The molecule has 2 atom stereocenters. The van der Waals surface area contributed by atoms with Crippen LogP contribution in [0.25, 0.3) is 0 Å². The molecule has 0 saturated carbocycles. The highest BCUT2D eigenvalue weighted by atomic mass is 35.5. The number of hydrogen-bond donors (Lipinski definition) is 2. The van der Waals surface area contributed by atoms with Crippen molar-refractivity contribution in [1.29, 1.82) is 0 Å². The molecule has 0 bridgehead atoms. The van der Waals surface area contributed by atoms with Gasteiger partial charge in [-0.25, -0.2) is 0 Å². The largest absolute Gasteiger partial charge is 0.378 e. The predicted octanol–water partition coefficient (Wildman–Crippen LogP) is 2.72. The van der Waals surface area contributed by atoms with Crippen LogP contribution < -0.4 is 10.6 Å². The second kappa shape index (κ2) is 9.76. The molecule has 2 saturated heterocycles. The van der Waals surface area contributed by atoms with Crippen molar-refractivity contribution in [3.63, 3.8) is 0 Å². The Hall–Kier alpha value is -1.05. The molecule has 0 spiro atoms. The first-order valence-electron chi connectivity index (χ1n) is 8.40. The Morgan fingerprint density at radius 2 is 2.00 bits per heavy atom. The van der Waals surface area contributed by atoms with Gasteiger partial charge in [0.05, 0.1) is 13.2 Å². The number of carbonyl (C=O) groups excluding carboxylic acids is 2. The summed E-state index contributed by atoms with van der Waals surface area (Å²) < 4.78 is 5.38. The molecule has 144 valence electrons. The van der Waals surface area contributed by atoms with E-state index in [9.17, 15) is 9.59 Å². The Morgan fingerprint density at radius 3 is 2.65 bits per heavy atom. The molecule has 2 amide bonds. The van der Waals surface area contributed by atoms with E-state index >= 15 is 0 Å². The number of nitrogens with zero attached hydrogens (tertiary/aromatic N) is 1. The van der Waals surface area contributed by atoms with E-state index in [1.54, 1.807) is 23.1 Å². The summed E-state index contributed by atoms with van der Waals surface area (Å²) in [6.45, 7) is 2.54. The molecule has 0 aromatic heterocycles. The topological polar surface area (TPSA) is 70.7 Å². The zero-order chi connectivity index (χ0) is 17.8. The number of hydrogen-bond acceptors (Lipinski definition) is 4. The van der Waals surface area contributed by atoms with Crippen LogP contribution in [0.3, 0.4) is 0 Å².